The van der Waals surface area contributed by atoms with Crippen LogP contribution in [-0.4, -0.2) is 6.04 Å². The Morgan fingerprint density at radius 1 is 1.46 bits per heavy atom. The minimum atomic E-state index is 0.578. The molecule has 0 radical (unpaired) electrons. The summed E-state index contributed by atoms with van der Waals surface area (Å²) in [7, 11) is 0. The molecule has 1 N–H and O–H groups in total. The van der Waals surface area contributed by atoms with Gasteiger partial charge in [0.05, 0.1) is 0 Å². The first kappa shape index (κ1) is 9.07. The Hall–Kier alpha value is -0.500. The van der Waals surface area contributed by atoms with E-state index in [9.17, 15) is 0 Å². The van der Waals surface area contributed by atoms with Gasteiger partial charge in [-0.25, -0.2) is 0 Å². The van der Waals surface area contributed by atoms with Crippen LogP contribution in [0, 0.1) is 0 Å². The molecule has 1 nitrogen and oxygen atoms in total. The van der Waals surface area contributed by atoms with Crippen molar-refractivity contribution >= 4 is 21.6 Å². The second-order valence-electron chi connectivity index (χ2n) is 3.68. The normalized spacial score (nSPS) is 25.5. The van der Waals surface area contributed by atoms with Crippen molar-refractivity contribution in [3.05, 3.63) is 28.2 Å². The molecular formula is C11H14BrN. The Kier molecular flexibility index (Phi) is 2.33. The minimum Gasteiger partial charge on any atom is -0.382 e. The van der Waals surface area contributed by atoms with Gasteiger partial charge in [0, 0.05) is 22.1 Å². The average Bonchev–Trinajstić information content (AvgIpc) is 2.39. The van der Waals surface area contributed by atoms with Crippen molar-refractivity contribution in [3.8, 4) is 0 Å². The molecule has 0 saturated heterocycles. The second kappa shape index (κ2) is 3.33. The second-order valence-corrected chi connectivity index (χ2v) is 4.60. The Morgan fingerprint density at radius 3 is 2.92 bits per heavy atom. The van der Waals surface area contributed by atoms with Crippen molar-refractivity contribution in [2.45, 2.75) is 32.2 Å². The third-order valence-corrected chi connectivity index (χ3v) is 3.33. The SMILES string of the molecule is CCC1c2ccc(Br)cc2NC1C. The maximum atomic E-state index is 3.51. The van der Waals surface area contributed by atoms with Gasteiger partial charge in [-0.3, -0.25) is 0 Å². The van der Waals surface area contributed by atoms with Crippen molar-refractivity contribution < 1.29 is 0 Å². The molecule has 1 aromatic carbocycles. The number of hydrogen-bond acceptors (Lipinski definition) is 1. The zero-order valence-corrected chi connectivity index (χ0v) is 9.56. The molecule has 1 aromatic rings. The molecule has 1 heterocycles. The largest absolute Gasteiger partial charge is 0.382 e. The molecule has 0 aromatic heterocycles. The van der Waals surface area contributed by atoms with E-state index in [0.717, 1.165) is 4.47 Å². The first-order valence-electron chi connectivity index (χ1n) is 4.78. The van der Waals surface area contributed by atoms with Gasteiger partial charge in [0.2, 0.25) is 0 Å². The van der Waals surface area contributed by atoms with Crippen LogP contribution in [0.5, 0.6) is 0 Å². The highest BCUT2D eigenvalue weighted by Crippen LogP contribution is 2.38. The summed E-state index contributed by atoms with van der Waals surface area (Å²) < 4.78 is 1.16. The molecule has 0 fully saturated rings. The predicted molar refractivity (Wildman–Crippen MR) is 60.3 cm³/mol. The lowest BCUT2D eigenvalue weighted by molar-refractivity contribution is 0.613. The van der Waals surface area contributed by atoms with Crippen molar-refractivity contribution in [1.82, 2.24) is 0 Å². The molecule has 0 aliphatic carbocycles. The lowest BCUT2D eigenvalue weighted by Crippen LogP contribution is -2.14. The van der Waals surface area contributed by atoms with Crippen molar-refractivity contribution in [1.29, 1.82) is 0 Å². The maximum absolute atomic E-state index is 3.51. The number of halogens is 1. The van der Waals surface area contributed by atoms with Crippen LogP contribution in [0.25, 0.3) is 0 Å². The summed E-state index contributed by atoms with van der Waals surface area (Å²) in [5.74, 6) is 0.683. The van der Waals surface area contributed by atoms with Crippen LogP contribution >= 0.6 is 15.9 Å². The standard InChI is InChI=1S/C11H14BrN/c1-3-9-7(2)13-11-6-8(12)4-5-10(9)11/h4-7,9,13H,3H2,1-2H3. The number of nitrogens with one attached hydrogen (secondary N) is 1. The van der Waals surface area contributed by atoms with E-state index in [4.69, 9.17) is 0 Å². The van der Waals surface area contributed by atoms with Crippen LogP contribution in [0.1, 0.15) is 31.7 Å². The van der Waals surface area contributed by atoms with Crippen molar-refractivity contribution in [2.75, 3.05) is 5.32 Å². The first-order valence-corrected chi connectivity index (χ1v) is 5.57. The van der Waals surface area contributed by atoms with E-state index >= 15 is 0 Å². The first-order chi connectivity index (χ1) is 6.22. The fourth-order valence-electron chi connectivity index (χ4n) is 2.17. The van der Waals surface area contributed by atoms with Crippen LogP contribution in [-0.2, 0) is 0 Å². The van der Waals surface area contributed by atoms with E-state index in [2.05, 4.69) is 53.3 Å². The molecule has 1 aliphatic rings. The smallest absolute Gasteiger partial charge is 0.0389 e. The molecule has 2 rings (SSSR count). The summed E-state index contributed by atoms with van der Waals surface area (Å²) in [5.41, 5.74) is 2.77. The van der Waals surface area contributed by atoms with Gasteiger partial charge in [-0.2, -0.15) is 0 Å². The third-order valence-electron chi connectivity index (χ3n) is 2.84. The van der Waals surface area contributed by atoms with Crippen LogP contribution in [0.4, 0.5) is 5.69 Å². The summed E-state index contributed by atoms with van der Waals surface area (Å²) in [6, 6.07) is 7.10. The minimum absolute atomic E-state index is 0.578. The van der Waals surface area contributed by atoms with Crippen molar-refractivity contribution in [3.63, 3.8) is 0 Å². The van der Waals surface area contributed by atoms with Crippen LogP contribution in [0.15, 0.2) is 22.7 Å². The lowest BCUT2D eigenvalue weighted by Gasteiger charge is -2.12. The van der Waals surface area contributed by atoms with E-state index in [0.29, 0.717) is 12.0 Å². The summed E-state index contributed by atoms with van der Waals surface area (Å²) in [5, 5.41) is 3.51. The molecule has 2 atom stereocenters. The van der Waals surface area contributed by atoms with Crippen molar-refractivity contribution in [2.24, 2.45) is 0 Å². The molecule has 1 aliphatic heterocycles. The van der Waals surface area contributed by atoms with Gasteiger partial charge < -0.3 is 5.32 Å². The lowest BCUT2D eigenvalue weighted by atomic mass is 9.94. The van der Waals surface area contributed by atoms with Crippen LogP contribution in [0.3, 0.4) is 0 Å². The zero-order valence-electron chi connectivity index (χ0n) is 7.97. The third kappa shape index (κ3) is 1.48. The number of hydrogen-bond donors (Lipinski definition) is 1. The van der Waals surface area contributed by atoms with E-state index in [1.54, 1.807) is 0 Å². The average molecular weight is 240 g/mol. The summed E-state index contributed by atoms with van der Waals surface area (Å²) >= 11 is 3.49. The maximum Gasteiger partial charge on any atom is 0.0389 e. The molecule has 0 saturated carbocycles. The Balaban J connectivity index is 2.42. The summed E-state index contributed by atoms with van der Waals surface area (Å²) in [6.45, 7) is 4.50. The fraction of sp³-hybridized carbons (Fsp3) is 0.455. The predicted octanol–water partition coefficient (Wildman–Crippen LogP) is 3.76. The van der Waals surface area contributed by atoms with E-state index in [-0.39, 0.29) is 0 Å². The van der Waals surface area contributed by atoms with Gasteiger partial charge in [0.25, 0.3) is 0 Å². The summed E-state index contributed by atoms with van der Waals surface area (Å²) in [6.07, 6.45) is 1.21. The van der Waals surface area contributed by atoms with E-state index < -0.39 is 0 Å². The Labute approximate surface area is 87.7 Å². The van der Waals surface area contributed by atoms with Gasteiger partial charge >= 0.3 is 0 Å². The Morgan fingerprint density at radius 2 is 2.23 bits per heavy atom. The van der Waals surface area contributed by atoms with Gasteiger partial charge in [0.1, 0.15) is 0 Å². The van der Waals surface area contributed by atoms with Gasteiger partial charge in [-0.1, -0.05) is 28.9 Å². The number of rotatable bonds is 1. The molecule has 2 heteroatoms. The molecule has 2 unspecified atom stereocenters. The summed E-state index contributed by atoms with van der Waals surface area (Å²) in [4.78, 5) is 0. The zero-order chi connectivity index (χ0) is 9.42. The molecule has 0 amide bonds. The monoisotopic (exact) mass is 239 g/mol. The molecule has 70 valence electrons. The molecular weight excluding hydrogens is 226 g/mol. The van der Waals surface area contributed by atoms with E-state index in [1.165, 1.54) is 17.7 Å². The Bertz CT molecular complexity index is 322. The number of benzene rings is 1. The van der Waals surface area contributed by atoms with Gasteiger partial charge in [-0.05, 0) is 31.0 Å². The van der Waals surface area contributed by atoms with Crippen LogP contribution < -0.4 is 5.32 Å². The molecule has 13 heavy (non-hydrogen) atoms. The molecule has 0 spiro atoms. The fourth-order valence-corrected chi connectivity index (χ4v) is 2.53. The highest BCUT2D eigenvalue weighted by molar-refractivity contribution is 9.10. The van der Waals surface area contributed by atoms with Gasteiger partial charge in [0.15, 0.2) is 0 Å². The molecule has 0 bridgehead atoms. The van der Waals surface area contributed by atoms with Crippen LogP contribution in [0.2, 0.25) is 0 Å². The number of fused-ring (bicyclic) bond motifs is 1. The number of anilines is 1. The highest BCUT2D eigenvalue weighted by atomic mass is 79.9. The highest BCUT2D eigenvalue weighted by Gasteiger charge is 2.26. The van der Waals surface area contributed by atoms with Gasteiger partial charge in [-0.15, -0.1) is 0 Å². The topological polar surface area (TPSA) is 12.0 Å². The van der Waals surface area contributed by atoms with E-state index in [1.807, 2.05) is 0 Å². The quantitative estimate of drug-likeness (QED) is 0.788.